The van der Waals surface area contributed by atoms with E-state index >= 15 is 0 Å². The van der Waals surface area contributed by atoms with E-state index in [9.17, 15) is 4.79 Å². The van der Waals surface area contributed by atoms with Crippen LogP contribution in [0.15, 0.2) is 54.6 Å². The molecule has 0 amide bonds. The van der Waals surface area contributed by atoms with Gasteiger partial charge in [-0.2, -0.15) is 11.8 Å². The lowest BCUT2D eigenvalue weighted by Gasteiger charge is -2.06. The monoisotopic (exact) mass is 272 g/mol. The highest BCUT2D eigenvalue weighted by Gasteiger charge is 2.05. The fourth-order valence-corrected chi connectivity index (χ4v) is 2.06. The van der Waals surface area contributed by atoms with Crippen molar-refractivity contribution >= 4 is 17.5 Å². The van der Waals surface area contributed by atoms with Crippen LogP contribution in [0, 0.1) is 0 Å². The summed E-state index contributed by atoms with van der Waals surface area (Å²) < 4.78 is 5.68. The zero-order valence-corrected chi connectivity index (χ0v) is 11.7. The first-order chi connectivity index (χ1) is 9.29. The van der Waals surface area contributed by atoms with Crippen molar-refractivity contribution in [3.8, 4) is 11.5 Å². The molecule has 0 bridgehead atoms. The van der Waals surface area contributed by atoms with Crippen molar-refractivity contribution in [1.29, 1.82) is 0 Å². The Labute approximate surface area is 117 Å². The molecule has 2 aromatic carbocycles. The molecule has 0 fully saturated rings. The van der Waals surface area contributed by atoms with Gasteiger partial charge in [0, 0.05) is 17.7 Å². The van der Waals surface area contributed by atoms with Crippen LogP contribution in [0.25, 0.3) is 0 Å². The minimum absolute atomic E-state index is 0.181. The van der Waals surface area contributed by atoms with Crippen LogP contribution in [0.5, 0.6) is 11.5 Å². The fraction of sp³-hybridized carbons (Fsp3) is 0.188. The molecule has 0 spiro atoms. The number of Topliss-reactive ketones (excluding diaryl/α,β-unsaturated/α-hetero) is 1. The smallest absolute Gasteiger partial charge is 0.163 e. The van der Waals surface area contributed by atoms with Gasteiger partial charge in [0.25, 0.3) is 0 Å². The SMILES string of the molecule is CSCCC(=O)c1ccc(Oc2ccccc2)cc1. The number of hydrogen-bond acceptors (Lipinski definition) is 3. The number of thioether (sulfide) groups is 1. The van der Waals surface area contributed by atoms with Crippen molar-refractivity contribution in [3.05, 3.63) is 60.2 Å². The Morgan fingerprint density at radius 1 is 1.00 bits per heavy atom. The maximum absolute atomic E-state index is 11.8. The largest absolute Gasteiger partial charge is 0.457 e. The van der Waals surface area contributed by atoms with E-state index in [4.69, 9.17) is 4.74 Å². The number of rotatable bonds is 6. The minimum Gasteiger partial charge on any atom is -0.457 e. The number of para-hydroxylation sites is 1. The number of ketones is 1. The summed E-state index contributed by atoms with van der Waals surface area (Å²) in [6, 6.07) is 16.9. The summed E-state index contributed by atoms with van der Waals surface area (Å²) in [6.45, 7) is 0. The molecule has 2 aromatic rings. The number of hydrogen-bond donors (Lipinski definition) is 0. The molecule has 0 N–H and O–H groups in total. The molecule has 0 aromatic heterocycles. The van der Waals surface area contributed by atoms with E-state index in [1.54, 1.807) is 11.8 Å². The lowest BCUT2D eigenvalue weighted by molar-refractivity contribution is 0.0989. The summed E-state index contributed by atoms with van der Waals surface area (Å²) in [5, 5.41) is 0. The van der Waals surface area contributed by atoms with Crippen LogP contribution in [0.2, 0.25) is 0 Å². The van der Waals surface area contributed by atoms with E-state index in [1.807, 2.05) is 60.9 Å². The molecule has 2 nitrogen and oxygen atoms in total. The summed E-state index contributed by atoms with van der Waals surface area (Å²) in [7, 11) is 0. The van der Waals surface area contributed by atoms with Gasteiger partial charge in [0.2, 0.25) is 0 Å². The quantitative estimate of drug-likeness (QED) is 0.728. The molecular formula is C16H16O2S. The molecule has 0 aliphatic carbocycles. The zero-order valence-electron chi connectivity index (χ0n) is 10.8. The van der Waals surface area contributed by atoms with Gasteiger partial charge in [-0.1, -0.05) is 18.2 Å². The highest BCUT2D eigenvalue weighted by Crippen LogP contribution is 2.21. The molecule has 98 valence electrons. The Morgan fingerprint density at radius 2 is 1.63 bits per heavy atom. The molecule has 0 atom stereocenters. The normalized spacial score (nSPS) is 10.2. The lowest BCUT2D eigenvalue weighted by atomic mass is 10.1. The predicted octanol–water partition coefficient (Wildman–Crippen LogP) is 4.41. The number of ether oxygens (including phenoxy) is 1. The molecule has 0 unspecified atom stereocenters. The number of carbonyl (C=O) groups excluding carboxylic acids is 1. The van der Waals surface area contributed by atoms with Gasteiger partial charge in [0.1, 0.15) is 11.5 Å². The van der Waals surface area contributed by atoms with Gasteiger partial charge in [-0.05, 0) is 42.7 Å². The third-order valence-corrected chi connectivity index (χ3v) is 3.30. The van der Waals surface area contributed by atoms with Crippen LogP contribution in [0.4, 0.5) is 0 Å². The fourth-order valence-electron chi connectivity index (χ4n) is 1.67. The van der Waals surface area contributed by atoms with Gasteiger partial charge in [0.15, 0.2) is 5.78 Å². The number of carbonyl (C=O) groups is 1. The molecule has 3 heteroatoms. The summed E-state index contributed by atoms with van der Waals surface area (Å²) in [5.41, 5.74) is 0.745. The second-order valence-electron chi connectivity index (χ2n) is 4.11. The van der Waals surface area contributed by atoms with Crippen molar-refractivity contribution in [2.45, 2.75) is 6.42 Å². The molecular weight excluding hydrogens is 256 g/mol. The molecule has 0 radical (unpaired) electrons. The molecule has 0 heterocycles. The first-order valence-corrected chi connectivity index (χ1v) is 7.54. The molecule has 19 heavy (non-hydrogen) atoms. The average molecular weight is 272 g/mol. The van der Waals surface area contributed by atoms with Crippen molar-refractivity contribution in [1.82, 2.24) is 0 Å². The van der Waals surface area contributed by atoms with Gasteiger partial charge in [-0.15, -0.1) is 0 Å². The second-order valence-corrected chi connectivity index (χ2v) is 5.09. The topological polar surface area (TPSA) is 26.3 Å². The van der Waals surface area contributed by atoms with Crippen LogP contribution in [-0.2, 0) is 0 Å². The Balaban J connectivity index is 2.00. The summed E-state index contributed by atoms with van der Waals surface area (Å²) >= 11 is 1.68. The summed E-state index contributed by atoms with van der Waals surface area (Å²) in [6.07, 6.45) is 2.59. The first kappa shape index (κ1) is 13.7. The van der Waals surface area contributed by atoms with Crippen LogP contribution >= 0.6 is 11.8 Å². The third-order valence-electron chi connectivity index (χ3n) is 2.69. The Bertz CT molecular complexity index is 520. The maximum Gasteiger partial charge on any atom is 0.163 e. The standard InChI is InChI=1S/C16H16O2S/c1-19-12-11-16(17)13-7-9-15(10-8-13)18-14-5-3-2-4-6-14/h2-10H,11-12H2,1H3. The minimum atomic E-state index is 0.181. The van der Waals surface area contributed by atoms with Gasteiger partial charge >= 0.3 is 0 Å². The predicted molar refractivity (Wildman–Crippen MR) is 80.3 cm³/mol. The van der Waals surface area contributed by atoms with E-state index in [-0.39, 0.29) is 5.78 Å². The van der Waals surface area contributed by atoms with E-state index in [0.717, 1.165) is 22.8 Å². The molecule has 0 aliphatic heterocycles. The Hall–Kier alpha value is -1.74. The van der Waals surface area contributed by atoms with Crippen LogP contribution < -0.4 is 4.74 Å². The van der Waals surface area contributed by atoms with Gasteiger partial charge < -0.3 is 4.74 Å². The van der Waals surface area contributed by atoms with E-state index in [0.29, 0.717) is 6.42 Å². The molecule has 0 saturated heterocycles. The van der Waals surface area contributed by atoms with E-state index < -0.39 is 0 Å². The van der Waals surface area contributed by atoms with Gasteiger partial charge in [0.05, 0.1) is 0 Å². The summed E-state index contributed by atoms with van der Waals surface area (Å²) in [5.74, 6) is 2.58. The molecule has 2 rings (SSSR count). The van der Waals surface area contributed by atoms with Crippen LogP contribution in [0.1, 0.15) is 16.8 Å². The van der Waals surface area contributed by atoms with Crippen molar-refractivity contribution in [3.63, 3.8) is 0 Å². The summed E-state index contributed by atoms with van der Waals surface area (Å²) in [4.78, 5) is 11.8. The van der Waals surface area contributed by atoms with Crippen LogP contribution in [0.3, 0.4) is 0 Å². The number of benzene rings is 2. The average Bonchev–Trinajstić information content (AvgIpc) is 2.46. The molecule has 0 saturated carbocycles. The Kier molecular flexibility index (Phi) is 5.04. The van der Waals surface area contributed by atoms with Crippen molar-refractivity contribution in [2.24, 2.45) is 0 Å². The van der Waals surface area contributed by atoms with Gasteiger partial charge in [-0.25, -0.2) is 0 Å². The zero-order chi connectivity index (χ0) is 13.5. The van der Waals surface area contributed by atoms with Crippen LogP contribution in [-0.4, -0.2) is 17.8 Å². The van der Waals surface area contributed by atoms with Crippen molar-refractivity contribution < 1.29 is 9.53 Å². The molecule has 0 aliphatic rings. The second kappa shape index (κ2) is 7.00. The third kappa shape index (κ3) is 4.14. The van der Waals surface area contributed by atoms with E-state index in [1.165, 1.54) is 0 Å². The van der Waals surface area contributed by atoms with Gasteiger partial charge in [-0.3, -0.25) is 4.79 Å². The lowest BCUT2D eigenvalue weighted by Crippen LogP contribution is -2.00. The maximum atomic E-state index is 11.8. The highest BCUT2D eigenvalue weighted by atomic mass is 32.2. The first-order valence-electron chi connectivity index (χ1n) is 6.14. The van der Waals surface area contributed by atoms with E-state index in [2.05, 4.69) is 0 Å². The van der Waals surface area contributed by atoms with Crippen molar-refractivity contribution in [2.75, 3.05) is 12.0 Å². The highest BCUT2D eigenvalue weighted by molar-refractivity contribution is 7.98. The Morgan fingerprint density at radius 3 is 2.26 bits per heavy atom.